The van der Waals surface area contributed by atoms with Gasteiger partial charge in [0.25, 0.3) is 0 Å². The molecule has 0 spiro atoms. The first-order valence-corrected chi connectivity index (χ1v) is 16.6. The molecule has 0 aliphatic rings. The number of rotatable bonds is 22. The molecule has 1 atom stereocenters. The molecule has 3 rings (SSSR count). The molecule has 0 saturated heterocycles. The normalized spacial score (nSPS) is 11.9. The van der Waals surface area contributed by atoms with Crippen molar-refractivity contribution < 1.29 is 19.0 Å². The van der Waals surface area contributed by atoms with E-state index >= 15 is 0 Å². The van der Waals surface area contributed by atoms with Gasteiger partial charge in [0.15, 0.2) is 0 Å². The number of hydrogen-bond donors (Lipinski definition) is 0. The SMILES string of the molecule is CCCCCCCCCCOc1ccc2cc(OCc3ccc(C(=O)OC[C@H](C)CCCCCCC)cc3)ccc2c1. The summed E-state index contributed by atoms with van der Waals surface area (Å²) >= 11 is 0. The minimum Gasteiger partial charge on any atom is -0.494 e. The van der Waals surface area contributed by atoms with Gasteiger partial charge in [0.05, 0.1) is 18.8 Å². The number of carbonyl (C=O) groups is 1. The lowest BCUT2D eigenvalue weighted by Gasteiger charge is -2.12. The van der Waals surface area contributed by atoms with Crippen molar-refractivity contribution >= 4 is 16.7 Å². The fraction of sp³-hybridized carbons (Fsp3) is 0.553. The number of hydrogen-bond acceptors (Lipinski definition) is 4. The molecule has 0 fully saturated rings. The van der Waals surface area contributed by atoms with Crippen LogP contribution in [0.1, 0.15) is 127 Å². The lowest BCUT2D eigenvalue weighted by molar-refractivity contribution is 0.0442. The summed E-state index contributed by atoms with van der Waals surface area (Å²) in [5.74, 6) is 1.89. The van der Waals surface area contributed by atoms with Crippen LogP contribution >= 0.6 is 0 Å². The minimum atomic E-state index is -0.254. The van der Waals surface area contributed by atoms with Crippen LogP contribution in [0.25, 0.3) is 10.8 Å². The Morgan fingerprint density at radius 3 is 1.81 bits per heavy atom. The van der Waals surface area contributed by atoms with Crippen molar-refractivity contribution in [2.24, 2.45) is 5.92 Å². The molecule has 3 aromatic carbocycles. The molecule has 230 valence electrons. The largest absolute Gasteiger partial charge is 0.494 e. The van der Waals surface area contributed by atoms with Crippen LogP contribution in [0.5, 0.6) is 11.5 Å². The highest BCUT2D eigenvalue weighted by Gasteiger charge is 2.10. The molecule has 0 amide bonds. The van der Waals surface area contributed by atoms with Crippen LogP contribution in [0.4, 0.5) is 0 Å². The Hall–Kier alpha value is -3.01. The number of carbonyl (C=O) groups excluding carboxylic acids is 1. The average molecular weight is 575 g/mol. The van der Waals surface area contributed by atoms with E-state index in [0.29, 0.717) is 24.7 Å². The molecule has 0 aliphatic heterocycles. The highest BCUT2D eigenvalue weighted by molar-refractivity contribution is 5.89. The summed E-state index contributed by atoms with van der Waals surface area (Å²) in [6.45, 7) is 8.35. The summed E-state index contributed by atoms with van der Waals surface area (Å²) in [7, 11) is 0. The van der Waals surface area contributed by atoms with Gasteiger partial charge < -0.3 is 14.2 Å². The molecule has 0 aromatic heterocycles. The lowest BCUT2D eigenvalue weighted by Crippen LogP contribution is -2.12. The van der Waals surface area contributed by atoms with Gasteiger partial charge in [0.1, 0.15) is 18.1 Å². The Balaban J connectivity index is 1.36. The van der Waals surface area contributed by atoms with E-state index in [1.54, 1.807) is 0 Å². The number of ether oxygens (including phenoxy) is 3. The summed E-state index contributed by atoms with van der Waals surface area (Å²) in [5.41, 5.74) is 1.59. The van der Waals surface area contributed by atoms with Crippen LogP contribution in [0.15, 0.2) is 60.7 Å². The van der Waals surface area contributed by atoms with Crippen LogP contribution in [0, 0.1) is 5.92 Å². The second-order valence-electron chi connectivity index (χ2n) is 11.9. The van der Waals surface area contributed by atoms with Gasteiger partial charge in [-0.2, -0.15) is 0 Å². The number of esters is 1. The van der Waals surface area contributed by atoms with E-state index < -0.39 is 0 Å². The molecule has 0 saturated carbocycles. The quantitative estimate of drug-likeness (QED) is 0.0884. The first-order chi connectivity index (χ1) is 20.6. The van der Waals surface area contributed by atoms with Gasteiger partial charge in [-0.15, -0.1) is 0 Å². The lowest BCUT2D eigenvalue weighted by atomic mass is 10.0. The predicted octanol–water partition coefficient (Wildman–Crippen LogP) is 11.1. The molecule has 0 bridgehead atoms. The Morgan fingerprint density at radius 2 is 1.19 bits per heavy atom. The number of benzene rings is 3. The zero-order valence-corrected chi connectivity index (χ0v) is 26.5. The third-order valence-electron chi connectivity index (χ3n) is 7.94. The summed E-state index contributed by atoms with van der Waals surface area (Å²) in [6.07, 6.45) is 17.9. The first kappa shape index (κ1) is 33.5. The van der Waals surface area contributed by atoms with Crippen molar-refractivity contribution in [3.05, 3.63) is 71.8 Å². The van der Waals surface area contributed by atoms with Gasteiger partial charge in [0.2, 0.25) is 0 Å². The third kappa shape index (κ3) is 12.9. The Labute approximate surface area is 255 Å². The second-order valence-corrected chi connectivity index (χ2v) is 11.9. The molecule has 0 radical (unpaired) electrons. The van der Waals surface area contributed by atoms with Crippen molar-refractivity contribution in [1.29, 1.82) is 0 Å². The molecule has 3 aromatic rings. The standard InChI is InChI=1S/C38H54O4/c1-4-6-8-10-11-12-14-16-26-40-36-24-22-35-28-37(25-23-34(35)27-36)41-30-32-18-20-33(21-19-32)38(39)42-29-31(3)17-15-13-9-7-5-2/h18-25,27-28,31H,4-17,26,29-30H2,1-3H3/t31-/m1/s1. The third-order valence-corrected chi connectivity index (χ3v) is 7.94. The van der Waals surface area contributed by atoms with E-state index in [-0.39, 0.29) is 5.97 Å². The van der Waals surface area contributed by atoms with Crippen LogP contribution in [-0.2, 0) is 11.3 Å². The van der Waals surface area contributed by atoms with Crippen LogP contribution in [0.3, 0.4) is 0 Å². The van der Waals surface area contributed by atoms with E-state index in [9.17, 15) is 4.79 Å². The zero-order chi connectivity index (χ0) is 29.8. The smallest absolute Gasteiger partial charge is 0.338 e. The summed E-state index contributed by atoms with van der Waals surface area (Å²) in [5, 5.41) is 2.27. The fourth-order valence-electron chi connectivity index (χ4n) is 5.19. The van der Waals surface area contributed by atoms with Gasteiger partial charge in [0, 0.05) is 0 Å². The maximum Gasteiger partial charge on any atom is 0.338 e. The van der Waals surface area contributed by atoms with E-state index in [1.807, 2.05) is 36.4 Å². The van der Waals surface area contributed by atoms with Crippen molar-refractivity contribution in [3.63, 3.8) is 0 Å². The topological polar surface area (TPSA) is 44.8 Å². The van der Waals surface area contributed by atoms with Crippen molar-refractivity contribution in [3.8, 4) is 11.5 Å². The number of unbranched alkanes of at least 4 members (excludes halogenated alkanes) is 11. The molecule has 0 N–H and O–H groups in total. The molecule has 0 aliphatic carbocycles. The Morgan fingerprint density at radius 1 is 0.643 bits per heavy atom. The van der Waals surface area contributed by atoms with Gasteiger partial charge >= 0.3 is 5.97 Å². The zero-order valence-electron chi connectivity index (χ0n) is 26.5. The first-order valence-electron chi connectivity index (χ1n) is 16.6. The number of fused-ring (bicyclic) bond motifs is 1. The molecule has 42 heavy (non-hydrogen) atoms. The van der Waals surface area contributed by atoms with E-state index in [4.69, 9.17) is 14.2 Å². The maximum atomic E-state index is 12.5. The molecule has 4 nitrogen and oxygen atoms in total. The van der Waals surface area contributed by atoms with Gasteiger partial charge in [-0.25, -0.2) is 4.79 Å². The predicted molar refractivity (Wildman–Crippen MR) is 176 cm³/mol. The molecule has 0 heterocycles. The van der Waals surface area contributed by atoms with E-state index in [2.05, 4.69) is 45.0 Å². The monoisotopic (exact) mass is 574 g/mol. The highest BCUT2D eigenvalue weighted by atomic mass is 16.5. The molecular formula is C38H54O4. The summed E-state index contributed by atoms with van der Waals surface area (Å²) < 4.78 is 17.6. The van der Waals surface area contributed by atoms with Gasteiger partial charge in [-0.3, -0.25) is 0 Å². The minimum absolute atomic E-state index is 0.254. The average Bonchev–Trinajstić information content (AvgIpc) is 3.02. The fourth-order valence-corrected chi connectivity index (χ4v) is 5.19. The van der Waals surface area contributed by atoms with Crippen LogP contribution in [-0.4, -0.2) is 19.2 Å². The molecule has 0 unspecified atom stereocenters. The Kier molecular flexibility index (Phi) is 15.9. The molecular weight excluding hydrogens is 520 g/mol. The maximum absolute atomic E-state index is 12.5. The van der Waals surface area contributed by atoms with Gasteiger partial charge in [-0.05, 0) is 71.5 Å². The van der Waals surface area contributed by atoms with Crippen LogP contribution < -0.4 is 9.47 Å². The Bertz CT molecular complexity index is 1150. The second kappa shape index (κ2) is 20.0. The summed E-state index contributed by atoms with van der Waals surface area (Å²) in [6, 6.07) is 19.9. The highest BCUT2D eigenvalue weighted by Crippen LogP contribution is 2.26. The van der Waals surface area contributed by atoms with Crippen molar-refractivity contribution in [2.45, 2.75) is 117 Å². The molecule has 4 heteroatoms. The van der Waals surface area contributed by atoms with Crippen molar-refractivity contribution in [2.75, 3.05) is 13.2 Å². The summed E-state index contributed by atoms with van der Waals surface area (Å²) in [4.78, 5) is 12.5. The van der Waals surface area contributed by atoms with E-state index in [0.717, 1.165) is 47.3 Å². The van der Waals surface area contributed by atoms with Crippen LogP contribution in [0.2, 0.25) is 0 Å². The van der Waals surface area contributed by atoms with Gasteiger partial charge in [-0.1, -0.05) is 122 Å². The van der Waals surface area contributed by atoms with E-state index in [1.165, 1.54) is 77.0 Å². The van der Waals surface area contributed by atoms with Crippen molar-refractivity contribution in [1.82, 2.24) is 0 Å².